The summed E-state index contributed by atoms with van der Waals surface area (Å²) in [5, 5.41) is 12.8. The van der Waals surface area contributed by atoms with E-state index in [0.717, 1.165) is 55.2 Å². The van der Waals surface area contributed by atoms with Gasteiger partial charge in [0.2, 0.25) is 0 Å². The third kappa shape index (κ3) is 4.23. The number of phenolic OH excluding ortho intramolecular Hbond substituents is 1. The zero-order valence-electron chi connectivity index (χ0n) is 20.0. The van der Waals surface area contributed by atoms with Crippen molar-refractivity contribution in [3.63, 3.8) is 0 Å². The molecule has 0 unspecified atom stereocenters. The minimum Gasteiger partial charge on any atom is -0.508 e. The zero-order chi connectivity index (χ0) is 24.6. The van der Waals surface area contributed by atoms with Crippen molar-refractivity contribution in [1.29, 1.82) is 0 Å². The van der Waals surface area contributed by atoms with Gasteiger partial charge in [-0.1, -0.05) is 0 Å². The molecule has 1 fully saturated rings. The maximum Gasteiger partial charge on any atom is 0.322 e. The Labute approximate surface area is 209 Å². The first-order chi connectivity index (χ1) is 17.5. The Kier molecular flexibility index (Phi) is 5.71. The van der Waals surface area contributed by atoms with Crippen LogP contribution >= 0.6 is 0 Å². The van der Waals surface area contributed by atoms with Gasteiger partial charge in [-0.3, -0.25) is 4.79 Å². The molecule has 1 aromatic carbocycles. The number of hydrogen-bond acceptors (Lipinski definition) is 6. The van der Waals surface area contributed by atoms with E-state index in [9.17, 15) is 14.7 Å². The Balaban J connectivity index is 1.09. The Morgan fingerprint density at radius 3 is 2.75 bits per heavy atom. The predicted molar refractivity (Wildman–Crippen MR) is 134 cm³/mol. The van der Waals surface area contributed by atoms with Crippen LogP contribution in [0.5, 0.6) is 5.75 Å². The zero-order valence-corrected chi connectivity index (χ0v) is 20.0. The van der Waals surface area contributed by atoms with Gasteiger partial charge in [-0.2, -0.15) is 0 Å². The number of nitrogens with zero attached hydrogens (tertiary/aromatic N) is 6. The number of urea groups is 1. The molecule has 2 N–H and O–H groups in total. The van der Waals surface area contributed by atoms with Gasteiger partial charge >= 0.3 is 6.03 Å². The molecule has 3 aliphatic heterocycles. The highest BCUT2D eigenvalue weighted by atomic mass is 16.3. The summed E-state index contributed by atoms with van der Waals surface area (Å²) in [5.41, 5.74) is 3.25. The van der Waals surface area contributed by atoms with Crippen molar-refractivity contribution >= 4 is 23.4 Å². The van der Waals surface area contributed by atoms with E-state index < -0.39 is 0 Å². The van der Waals surface area contributed by atoms with Crippen LogP contribution in [0.15, 0.2) is 48.9 Å². The summed E-state index contributed by atoms with van der Waals surface area (Å²) < 4.78 is 2.17. The van der Waals surface area contributed by atoms with Crippen LogP contribution in [0, 0.1) is 0 Å². The standard InChI is InChI=1S/C26H29N7O3/c34-21-3-4-22-18(14-21)5-11-33(26(36)29-22)19-6-9-31(10-7-19)24-15-23(27-17-28-24)25(35)32-13-12-30-8-1-2-20(30)16-32/h1-4,8,14-15,17,19,34H,5-7,9-13,16H2,(H,29,36). The van der Waals surface area contributed by atoms with E-state index in [0.29, 0.717) is 31.7 Å². The van der Waals surface area contributed by atoms with Crippen molar-refractivity contribution in [2.45, 2.75) is 38.4 Å². The summed E-state index contributed by atoms with van der Waals surface area (Å²) in [5.74, 6) is 0.880. The van der Waals surface area contributed by atoms with E-state index in [1.54, 1.807) is 24.3 Å². The summed E-state index contributed by atoms with van der Waals surface area (Å²) in [7, 11) is 0. The molecule has 0 bridgehead atoms. The summed E-state index contributed by atoms with van der Waals surface area (Å²) in [4.78, 5) is 40.7. The minimum atomic E-state index is -0.0968. The lowest BCUT2D eigenvalue weighted by Gasteiger charge is -2.38. The number of fused-ring (bicyclic) bond motifs is 2. The molecule has 2 aromatic heterocycles. The van der Waals surface area contributed by atoms with Crippen LogP contribution in [0.2, 0.25) is 0 Å². The van der Waals surface area contributed by atoms with Crippen LogP contribution in [0.4, 0.5) is 16.3 Å². The van der Waals surface area contributed by atoms with Crippen LogP contribution in [0.3, 0.4) is 0 Å². The quantitative estimate of drug-likeness (QED) is 0.550. The maximum atomic E-state index is 13.1. The molecule has 6 rings (SSSR count). The second-order valence-corrected chi connectivity index (χ2v) is 9.61. The second-order valence-electron chi connectivity index (χ2n) is 9.61. The number of aromatic hydroxyl groups is 1. The smallest absolute Gasteiger partial charge is 0.322 e. The van der Waals surface area contributed by atoms with E-state index in [1.165, 1.54) is 6.33 Å². The number of anilines is 2. The van der Waals surface area contributed by atoms with Crippen molar-refractivity contribution in [2.75, 3.05) is 36.4 Å². The molecule has 0 spiro atoms. The van der Waals surface area contributed by atoms with Gasteiger partial charge in [0, 0.05) is 62.4 Å². The average Bonchev–Trinajstić information content (AvgIpc) is 3.31. The van der Waals surface area contributed by atoms with Gasteiger partial charge in [-0.15, -0.1) is 0 Å². The lowest BCUT2D eigenvalue weighted by Crippen LogP contribution is -2.49. The van der Waals surface area contributed by atoms with E-state index in [1.807, 2.05) is 28.1 Å². The predicted octanol–water partition coefficient (Wildman–Crippen LogP) is 2.70. The van der Waals surface area contributed by atoms with Crippen LogP contribution in [0.25, 0.3) is 0 Å². The number of rotatable bonds is 3. The van der Waals surface area contributed by atoms with Crippen molar-refractivity contribution in [3.8, 4) is 5.75 Å². The molecule has 3 aromatic rings. The third-order valence-electron chi connectivity index (χ3n) is 7.49. The fourth-order valence-electron chi connectivity index (χ4n) is 5.48. The van der Waals surface area contributed by atoms with Gasteiger partial charge in [0.25, 0.3) is 5.91 Å². The number of amides is 3. The van der Waals surface area contributed by atoms with Crippen LogP contribution in [-0.2, 0) is 19.5 Å². The van der Waals surface area contributed by atoms with Crippen molar-refractivity contribution in [1.82, 2.24) is 24.3 Å². The van der Waals surface area contributed by atoms with Gasteiger partial charge < -0.3 is 29.7 Å². The summed E-state index contributed by atoms with van der Waals surface area (Å²) in [6.45, 7) is 4.12. The number of carbonyl (C=O) groups excluding carboxylic acids is 2. The number of aromatic nitrogens is 3. The Bertz CT molecular complexity index is 1300. The van der Waals surface area contributed by atoms with E-state index >= 15 is 0 Å². The Morgan fingerprint density at radius 1 is 1.03 bits per heavy atom. The van der Waals surface area contributed by atoms with Crippen molar-refractivity contribution < 1.29 is 14.7 Å². The lowest BCUT2D eigenvalue weighted by molar-refractivity contribution is 0.0705. The van der Waals surface area contributed by atoms with Gasteiger partial charge in [0.1, 0.15) is 23.6 Å². The Hall–Kier alpha value is -4.08. The average molecular weight is 488 g/mol. The summed E-state index contributed by atoms with van der Waals surface area (Å²) in [6, 6.07) is 10.9. The fourth-order valence-corrected chi connectivity index (χ4v) is 5.48. The number of piperidine rings is 1. The normalized spacial score (nSPS) is 18.3. The Morgan fingerprint density at radius 2 is 1.89 bits per heavy atom. The molecule has 0 aliphatic carbocycles. The molecule has 0 saturated carbocycles. The summed E-state index contributed by atoms with van der Waals surface area (Å²) in [6.07, 6.45) is 5.83. The molecule has 1 saturated heterocycles. The molecule has 5 heterocycles. The van der Waals surface area contributed by atoms with Gasteiger partial charge in [-0.05, 0) is 55.2 Å². The summed E-state index contributed by atoms with van der Waals surface area (Å²) >= 11 is 0. The highest BCUT2D eigenvalue weighted by molar-refractivity contribution is 5.93. The largest absolute Gasteiger partial charge is 0.508 e. The molecule has 3 aliphatic rings. The molecule has 3 amide bonds. The maximum absolute atomic E-state index is 13.1. The molecule has 10 heteroatoms. The molecular weight excluding hydrogens is 458 g/mol. The number of benzene rings is 1. The fraction of sp³-hybridized carbons (Fsp3) is 0.385. The van der Waals surface area contributed by atoms with Gasteiger partial charge in [-0.25, -0.2) is 14.8 Å². The molecule has 36 heavy (non-hydrogen) atoms. The lowest BCUT2D eigenvalue weighted by atomic mass is 10.0. The van der Waals surface area contributed by atoms with E-state index in [4.69, 9.17) is 0 Å². The number of phenols is 1. The van der Waals surface area contributed by atoms with Crippen LogP contribution in [-0.4, -0.2) is 73.6 Å². The third-order valence-corrected chi connectivity index (χ3v) is 7.49. The monoisotopic (exact) mass is 487 g/mol. The topological polar surface area (TPSA) is 107 Å². The van der Waals surface area contributed by atoms with Gasteiger partial charge in [0.15, 0.2) is 0 Å². The van der Waals surface area contributed by atoms with Crippen LogP contribution in [0.1, 0.15) is 34.6 Å². The highest BCUT2D eigenvalue weighted by Gasteiger charge is 2.31. The molecular formula is C26H29N7O3. The second kappa shape index (κ2) is 9.18. The molecule has 0 atom stereocenters. The van der Waals surface area contributed by atoms with Crippen molar-refractivity contribution in [3.05, 3.63) is 65.9 Å². The van der Waals surface area contributed by atoms with E-state index in [2.05, 4.69) is 24.8 Å². The van der Waals surface area contributed by atoms with Gasteiger partial charge in [0.05, 0.1) is 6.54 Å². The molecule has 0 radical (unpaired) electrons. The first-order valence-corrected chi connectivity index (χ1v) is 12.4. The molecule has 10 nitrogen and oxygen atoms in total. The number of nitrogens with one attached hydrogen (secondary N) is 1. The SMILES string of the molecule is O=C(c1cc(N2CCC(N3CCc4cc(O)ccc4NC3=O)CC2)ncn1)N1CCn2cccc2C1. The van der Waals surface area contributed by atoms with Crippen LogP contribution < -0.4 is 10.2 Å². The minimum absolute atomic E-state index is 0.0761. The first kappa shape index (κ1) is 22.4. The number of hydrogen-bond donors (Lipinski definition) is 2. The molecule has 186 valence electrons. The number of carbonyl (C=O) groups is 2. The first-order valence-electron chi connectivity index (χ1n) is 12.4. The van der Waals surface area contributed by atoms with Crippen molar-refractivity contribution in [2.24, 2.45) is 0 Å². The van der Waals surface area contributed by atoms with E-state index in [-0.39, 0.29) is 23.7 Å². The highest BCUT2D eigenvalue weighted by Crippen LogP contribution is 2.28.